The number of ether oxygens (including phenoxy) is 3. The van der Waals surface area contributed by atoms with Crippen LogP contribution in [0, 0.1) is 5.92 Å². The van der Waals surface area contributed by atoms with Crippen LogP contribution in [-0.2, 0) is 42.9 Å². The molecule has 2 aliphatic rings. The summed E-state index contributed by atoms with van der Waals surface area (Å²) < 4.78 is 49.5. The van der Waals surface area contributed by atoms with Crippen LogP contribution in [0.2, 0.25) is 0 Å². The quantitative estimate of drug-likeness (QED) is 0.0719. The third-order valence-electron chi connectivity index (χ3n) is 8.45. The number of carbonyl (C=O) groups excluding carboxylic acids is 5. The highest BCUT2D eigenvalue weighted by molar-refractivity contribution is 9.10. The number of alkyl carbamates (subject to hydrolysis) is 1. The van der Waals surface area contributed by atoms with Gasteiger partial charge in [0.25, 0.3) is 16.0 Å². The second-order valence-corrected chi connectivity index (χ2v) is 17.7. The molecule has 1 aromatic carbocycles. The van der Waals surface area contributed by atoms with E-state index >= 15 is 0 Å². The fourth-order valence-corrected chi connectivity index (χ4v) is 7.32. The van der Waals surface area contributed by atoms with Gasteiger partial charge >= 0.3 is 18.2 Å². The summed E-state index contributed by atoms with van der Waals surface area (Å²) in [6, 6.07) is 2.88. The number of hydrogen-bond donors (Lipinski definition) is 1. The first-order chi connectivity index (χ1) is 25.1. The second-order valence-electron chi connectivity index (χ2n) is 15.2. The van der Waals surface area contributed by atoms with E-state index in [2.05, 4.69) is 28.2 Å². The molecule has 5 atom stereocenters. The first-order valence-corrected chi connectivity index (χ1v) is 20.4. The predicted molar refractivity (Wildman–Crippen MR) is 204 cm³/mol. The summed E-state index contributed by atoms with van der Waals surface area (Å²) in [6.07, 6.45) is 6.52. The normalized spacial score (nSPS) is 22.0. The molecule has 0 saturated carbocycles. The van der Waals surface area contributed by atoms with Crippen molar-refractivity contribution >= 4 is 56.0 Å². The molecule has 1 heterocycles. The molecule has 1 N–H and O–H groups in total. The second kappa shape index (κ2) is 18.2. The van der Waals surface area contributed by atoms with Crippen molar-refractivity contribution in [1.82, 2.24) is 15.1 Å². The highest BCUT2D eigenvalue weighted by Gasteiger charge is 2.60. The van der Waals surface area contributed by atoms with Crippen molar-refractivity contribution in [3.05, 3.63) is 53.0 Å². The van der Waals surface area contributed by atoms with Gasteiger partial charge < -0.3 is 24.4 Å². The fourth-order valence-electron chi connectivity index (χ4n) is 5.98. The minimum absolute atomic E-state index is 0.0660. The van der Waals surface area contributed by atoms with Crippen LogP contribution in [-0.4, -0.2) is 96.3 Å². The molecular formula is C38H54BrN3O11S. The Hall–Kier alpha value is -3.76. The number of carbonyl (C=O) groups is 5. The highest BCUT2D eigenvalue weighted by Crippen LogP contribution is 2.42. The molecule has 300 valence electrons. The lowest BCUT2D eigenvalue weighted by Crippen LogP contribution is -2.68. The number of hydrogen-bond acceptors (Lipinski definition) is 11. The molecule has 0 spiro atoms. The topological polar surface area (TPSA) is 175 Å². The molecule has 1 aliphatic heterocycles. The van der Waals surface area contributed by atoms with Crippen molar-refractivity contribution in [2.45, 2.75) is 134 Å². The molecule has 3 rings (SSSR count). The Morgan fingerprint density at radius 2 is 1.65 bits per heavy atom. The molecular weight excluding hydrogens is 786 g/mol. The smallest absolute Gasteiger partial charge is 0.418 e. The zero-order valence-electron chi connectivity index (χ0n) is 32.5. The Kier molecular flexibility index (Phi) is 15.1. The van der Waals surface area contributed by atoms with Crippen LogP contribution in [0.3, 0.4) is 0 Å². The average molecular weight is 841 g/mol. The predicted octanol–water partition coefficient (Wildman–Crippen LogP) is 6.43. The van der Waals surface area contributed by atoms with Crippen LogP contribution >= 0.6 is 15.9 Å². The Labute approximate surface area is 327 Å². The number of nitrogens with one attached hydrogen (secondary N) is 1. The largest absolute Gasteiger partial charge is 0.464 e. The minimum atomic E-state index is -4.41. The van der Waals surface area contributed by atoms with Crippen molar-refractivity contribution in [3.63, 3.8) is 0 Å². The van der Waals surface area contributed by atoms with Crippen LogP contribution < -0.4 is 5.32 Å². The maximum atomic E-state index is 15.0. The van der Waals surface area contributed by atoms with Crippen molar-refractivity contribution in [3.8, 4) is 0 Å². The van der Waals surface area contributed by atoms with Gasteiger partial charge in [-0.1, -0.05) is 53.9 Å². The first kappa shape index (κ1) is 44.6. The lowest BCUT2D eigenvalue weighted by Gasteiger charge is -2.47. The van der Waals surface area contributed by atoms with Gasteiger partial charge in [-0.05, 0) is 98.6 Å². The van der Waals surface area contributed by atoms with Gasteiger partial charge in [0.2, 0.25) is 5.91 Å². The molecule has 54 heavy (non-hydrogen) atoms. The SMILES string of the molecule is CCCCCC=CC1C=CC1(C(=O)OCC)N(C(=O)OC(C)(C)C)C(=O)C1CC(OS(=O)(=O)c2ccc(Br)cc2)CN1C(=O)C(C)NC(=O)OC(C)(C)C. The monoisotopic (exact) mass is 839 g/mol. The molecule has 5 unspecified atom stereocenters. The first-order valence-electron chi connectivity index (χ1n) is 18.2. The molecule has 0 bridgehead atoms. The van der Waals surface area contributed by atoms with Crippen LogP contribution in [0.1, 0.15) is 94.4 Å². The average Bonchev–Trinajstić information content (AvgIpc) is 3.45. The van der Waals surface area contributed by atoms with E-state index < -0.39 is 87.5 Å². The fraction of sp³-hybridized carbons (Fsp3) is 0.605. The summed E-state index contributed by atoms with van der Waals surface area (Å²) in [4.78, 5) is 71.4. The molecule has 1 aromatic rings. The van der Waals surface area contributed by atoms with Crippen molar-refractivity contribution in [2.24, 2.45) is 5.92 Å². The summed E-state index contributed by atoms with van der Waals surface area (Å²) in [6.45, 7) is 14.3. The van der Waals surface area contributed by atoms with Crippen LogP contribution in [0.5, 0.6) is 0 Å². The Bertz CT molecular complexity index is 1700. The maximum absolute atomic E-state index is 15.0. The van der Waals surface area contributed by atoms with Crippen molar-refractivity contribution in [2.75, 3.05) is 13.2 Å². The third-order valence-corrected chi connectivity index (χ3v) is 10.4. The van der Waals surface area contributed by atoms with Gasteiger partial charge in [-0.25, -0.2) is 19.3 Å². The number of likely N-dealkylation sites (tertiary alicyclic amines) is 1. The molecule has 1 fully saturated rings. The number of allylic oxidation sites excluding steroid dienone is 1. The standard InChI is InChI=1S/C38H54BrN3O11S/c1-10-12-13-14-15-16-26-21-22-38(26,33(45)50-11-2)42(35(47)52-37(7,8)9)32(44)30-23-28(53-54(48,49)29-19-17-27(39)18-20-29)24-41(30)31(43)25(3)40-34(46)51-36(4,5)6/h15-22,25-26,28,30H,10-14,23-24H2,1-9H3,(H,40,46). The van der Waals surface area contributed by atoms with Crippen molar-refractivity contribution in [1.29, 1.82) is 0 Å². The number of benzene rings is 1. The van der Waals surface area contributed by atoms with E-state index in [0.29, 0.717) is 15.8 Å². The molecule has 16 heteroatoms. The Balaban J connectivity index is 2.12. The zero-order chi connectivity index (χ0) is 40.6. The Morgan fingerprint density at radius 1 is 1.02 bits per heavy atom. The number of amides is 4. The van der Waals surface area contributed by atoms with Gasteiger partial charge in [0.1, 0.15) is 23.3 Å². The summed E-state index contributed by atoms with van der Waals surface area (Å²) in [5.41, 5.74) is -3.99. The number of halogens is 1. The number of esters is 1. The lowest BCUT2D eigenvalue weighted by atomic mass is 9.72. The summed E-state index contributed by atoms with van der Waals surface area (Å²) in [7, 11) is -4.41. The van der Waals surface area contributed by atoms with E-state index in [0.717, 1.165) is 24.2 Å². The van der Waals surface area contributed by atoms with Crippen LogP contribution in [0.25, 0.3) is 0 Å². The molecule has 4 amide bonds. The third kappa shape index (κ3) is 11.4. The van der Waals surface area contributed by atoms with E-state index in [-0.39, 0.29) is 17.9 Å². The highest BCUT2D eigenvalue weighted by atomic mass is 79.9. The van der Waals surface area contributed by atoms with Gasteiger partial charge in [-0.15, -0.1) is 0 Å². The summed E-state index contributed by atoms with van der Waals surface area (Å²) >= 11 is 3.27. The van der Waals surface area contributed by atoms with Crippen molar-refractivity contribution < 1.29 is 50.8 Å². The van der Waals surface area contributed by atoms with Gasteiger partial charge in [-0.2, -0.15) is 8.42 Å². The number of rotatable bonds is 14. The van der Waals surface area contributed by atoms with E-state index in [1.165, 1.54) is 37.3 Å². The minimum Gasteiger partial charge on any atom is -0.464 e. The van der Waals surface area contributed by atoms with Crippen LogP contribution in [0.15, 0.2) is 57.9 Å². The van der Waals surface area contributed by atoms with E-state index in [9.17, 15) is 32.4 Å². The van der Waals surface area contributed by atoms with Gasteiger partial charge in [0.05, 0.1) is 17.6 Å². The molecule has 14 nitrogen and oxygen atoms in total. The molecule has 0 aromatic heterocycles. The number of unbranched alkanes of at least 4 members (excludes halogenated alkanes) is 3. The van der Waals surface area contributed by atoms with Gasteiger partial charge in [-0.3, -0.25) is 13.8 Å². The summed E-state index contributed by atoms with van der Waals surface area (Å²) in [5.74, 6) is -3.53. The molecule has 1 aliphatic carbocycles. The number of imide groups is 1. The molecule has 1 saturated heterocycles. The Morgan fingerprint density at radius 3 is 2.19 bits per heavy atom. The maximum Gasteiger partial charge on any atom is 0.418 e. The van der Waals surface area contributed by atoms with Crippen LogP contribution in [0.4, 0.5) is 9.59 Å². The van der Waals surface area contributed by atoms with Gasteiger partial charge in [0.15, 0.2) is 5.54 Å². The van der Waals surface area contributed by atoms with E-state index in [1.807, 2.05) is 6.08 Å². The summed E-state index contributed by atoms with van der Waals surface area (Å²) in [5, 5.41) is 2.46. The van der Waals surface area contributed by atoms with E-state index in [4.69, 9.17) is 18.4 Å². The lowest BCUT2D eigenvalue weighted by molar-refractivity contribution is -0.164. The number of nitrogens with zero attached hydrogens (tertiary/aromatic N) is 2. The van der Waals surface area contributed by atoms with Gasteiger partial charge in [0, 0.05) is 23.4 Å². The van der Waals surface area contributed by atoms with E-state index in [1.54, 1.807) is 60.6 Å². The molecule has 0 radical (unpaired) electrons. The zero-order valence-corrected chi connectivity index (χ0v) is 35.0.